The lowest BCUT2D eigenvalue weighted by molar-refractivity contribution is 0.110. The summed E-state index contributed by atoms with van der Waals surface area (Å²) in [7, 11) is -3.26. The third kappa shape index (κ3) is 5.85. The highest BCUT2D eigenvalue weighted by molar-refractivity contribution is 7.89. The average molecular weight is 542 g/mol. The van der Waals surface area contributed by atoms with Crippen molar-refractivity contribution in [2.45, 2.75) is 63.3 Å². The quantitative estimate of drug-likeness (QED) is 0.511. The summed E-state index contributed by atoms with van der Waals surface area (Å²) in [6.07, 6.45) is 4.97. The molecule has 0 spiro atoms. The molecule has 2 aliphatic rings. The smallest absolute Gasteiger partial charge is 0.225 e. The summed E-state index contributed by atoms with van der Waals surface area (Å²) in [4.78, 5) is 10.5. The minimum absolute atomic E-state index is 0.0330. The van der Waals surface area contributed by atoms with Crippen molar-refractivity contribution in [2.24, 2.45) is 11.7 Å². The molecule has 2 N–H and O–H groups in total. The average Bonchev–Trinajstić information content (AvgIpc) is 3.27. The molecule has 1 aromatic carbocycles. The Hall–Kier alpha value is -2.44. The second kappa shape index (κ2) is 11.1. The van der Waals surface area contributed by atoms with E-state index >= 15 is 0 Å². The number of aromatic nitrogens is 2. The fraction of sp³-hybridized carbons (Fsp3) is 0.600. The van der Waals surface area contributed by atoms with Crippen LogP contribution in [0.15, 0.2) is 24.5 Å². The van der Waals surface area contributed by atoms with Gasteiger partial charge in [-0.2, -0.15) is 0 Å². The van der Waals surface area contributed by atoms with Gasteiger partial charge in [0.15, 0.2) is 17.4 Å². The molecule has 0 unspecified atom stereocenters. The largest absolute Gasteiger partial charge is 0.487 e. The lowest BCUT2D eigenvalue weighted by Gasteiger charge is -2.35. The predicted octanol–water partition coefficient (Wildman–Crippen LogP) is 3.43. The second-order valence-corrected chi connectivity index (χ2v) is 12.4. The molecule has 0 bridgehead atoms. The fourth-order valence-electron chi connectivity index (χ4n) is 5.05. The van der Waals surface area contributed by atoms with E-state index in [0.717, 1.165) is 6.07 Å². The maximum atomic E-state index is 14.3. The molecule has 2 aromatic rings. The minimum atomic E-state index is -3.26. The first-order valence-corrected chi connectivity index (χ1v) is 14.1. The first-order valence-electron chi connectivity index (χ1n) is 12.6. The molecular formula is C25H34F3N5O3S. The predicted molar refractivity (Wildman–Crippen MR) is 134 cm³/mol. The van der Waals surface area contributed by atoms with Gasteiger partial charge in [0.05, 0.1) is 23.7 Å². The lowest BCUT2D eigenvalue weighted by atomic mass is 9.93. The summed E-state index contributed by atoms with van der Waals surface area (Å²) in [5.41, 5.74) is 6.22. The van der Waals surface area contributed by atoms with Gasteiger partial charge in [-0.15, -0.1) is 0 Å². The van der Waals surface area contributed by atoms with Gasteiger partial charge < -0.3 is 15.4 Å². The third-order valence-corrected chi connectivity index (χ3v) is 10.1. The third-order valence-electron chi connectivity index (χ3n) is 7.63. The maximum absolute atomic E-state index is 14.3. The van der Waals surface area contributed by atoms with Gasteiger partial charge in [-0.05, 0) is 50.7 Å². The highest BCUT2D eigenvalue weighted by Gasteiger charge is 2.36. The molecule has 2 fully saturated rings. The van der Waals surface area contributed by atoms with Crippen molar-refractivity contribution < 1.29 is 26.3 Å². The van der Waals surface area contributed by atoms with Gasteiger partial charge in [-0.3, -0.25) is 0 Å². The summed E-state index contributed by atoms with van der Waals surface area (Å²) in [6.45, 7) is 7.13. The van der Waals surface area contributed by atoms with Crippen molar-refractivity contribution in [2.75, 3.05) is 31.1 Å². The van der Waals surface area contributed by atoms with E-state index in [1.807, 2.05) is 13.8 Å². The first kappa shape index (κ1) is 27.6. The molecule has 4 atom stereocenters. The zero-order chi connectivity index (χ0) is 26.9. The molecule has 12 heteroatoms. The normalized spacial score (nSPS) is 23.3. The number of hydrogen-bond donors (Lipinski definition) is 1. The number of rotatable bonds is 8. The summed E-state index contributed by atoms with van der Waals surface area (Å²) in [5.74, 6) is -2.66. The van der Waals surface area contributed by atoms with Gasteiger partial charge in [-0.25, -0.2) is 35.9 Å². The van der Waals surface area contributed by atoms with Crippen LogP contribution in [0, 0.1) is 23.4 Å². The molecule has 1 aromatic heterocycles. The van der Waals surface area contributed by atoms with Gasteiger partial charge in [0, 0.05) is 44.2 Å². The highest BCUT2D eigenvalue weighted by Crippen LogP contribution is 2.32. The molecule has 0 amide bonds. The van der Waals surface area contributed by atoms with Crippen molar-refractivity contribution in [3.8, 4) is 5.75 Å². The Morgan fingerprint density at radius 3 is 2.30 bits per heavy atom. The molecule has 0 aliphatic carbocycles. The fourth-order valence-corrected chi connectivity index (χ4v) is 6.70. The van der Waals surface area contributed by atoms with Crippen LogP contribution in [0.1, 0.15) is 51.5 Å². The Morgan fingerprint density at radius 2 is 1.68 bits per heavy atom. The van der Waals surface area contributed by atoms with E-state index in [1.165, 1.54) is 0 Å². The van der Waals surface area contributed by atoms with E-state index in [1.54, 1.807) is 28.5 Å². The van der Waals surface area contributed by atoms with Crippen LogP contribution in [-0.4, -0.2) is 66.3 Å². The topological polar surface area (TPSA) is 102 Å². The summed E-state index contributed by atoms with van der Waals surface area (Å²) >= 11 is 0. The van der Waals surface area contributed by atoms with Gasteiger partial charge in [0.25, 0.3) is 0 Å². The SMILES string of the molecule is CC[C@@H](C)S(=O)(=O)N1CCC([C@H](C)Oc2cnc(N3C[C@H](c4cc(F)c(F)cc4F)[C@@H](N)C3)nc2)CC1. The first-order chi connectivity index (χ1) is 17.5. The Balaban J connectivity index is 1.34. The molecule has 4 rings (SSSR count). The van der Waals surface area contributed by atoms with Crippen LogP contribution < -0.4 is 15.4 Å². The maximum Gasteiger partial charge on any atom is 0.225 e. The van der Waals surface area contributed by atoms with E-state index in [4.69, 9.17) is 10.5 Å². The Bertz CT molecular complexity index is 1190. The molecule has 2 saturated heterocycles. The lowest BCUT2D eigenvalue weighted by Crippen LogP contribution is -2.44. The van der Waals surface area contributed by atoms with Crippen LogP contribution in [0.3, 0.4) is 0 Å². The summed E-state index contributed by atoms with van der Waals surface area (Å²) in [6, 6.07) is 0.898. The van der Waals surface area contributed by atoms with Crippen LogP contribution in [-0.2, 0) is 10.0 Å². The zero-order valence-electron chi connectivity index (χ0n) is 21.3. The number of hydrogen-bond acceptors (Lipinski definition) is 7. The molecule has 2 aliphatic heterocycles. The van der Waals surface area contributed by atoms with Crippen LogP contribution >= 0.6 is 0 Å². The molecular weight excluding hydrogens is 507 g/mol. The number of sulfonamides is 1. The van der Waals surface area contributed by atoms with Gasteiger partial charge in [-0.1, -0.05) is 6.92 Å². The zero-order valence-corrected chi connectivity index (χ0v) is 22.1. The van der Waals surface area contributed by atoms with Crippen LogP contribution in [0.2, 0.25) is 0 Å². The van der Waals surface area contributed by atoms with Crippen molar-refractivity contribution in [3.05, 3.63) is 47.5 Å². The second-order valence-electron chi connectivity index (χ2n) is 10.0. The molecule has 3 heterocycles. The number of nitrogens with zero attached hydrogens (tertiary/aromatic N) is 4. The number of benzene rings is 1. The monoisotopic (exact) mass is 541 g/mol. The van der Waals surface area contributed by atoms with Crippen LogP contribution in [0.4, 0.5) is 19.1 Å². The van der Waals surface area contributed by atoms with Crippen molar-refractivity contribution in [3.63, 3.8) is 0 Å². The molecule has 37 heavy (non-hydrogen) atoms. The number of anilines is 1. The van der Waals surface area contributed by atoms with E-state index in [9.17, 15) is 21.6 Å². The van der Waals surface area contributed by atoms with Crippen molar-refractivity contribution in [1.82, 2.24) is 14.3 Å². The number of nitrogens with two attached hydrogens (primary N) is 1. The van der Waals surface area contributed by atoms with Gasteiger partial charge >= 0.3 is 0 Å². The van der Waals surface area contributed by atoms with Crippen LogP contribution in [0.5, 0.6) is 5.75 Å². The van der Waals surface area contributed by atoms with Crippen molar-refractivity contribution >= 4 is 16.0 Å². The standard InChI is InChI=1S/C25H34F3N5O3S/c1-4-15(2)37(34,35)33-7-5-17(6-8-33)16(3)36-18-11-30-25(31-12-18)32-13-20(24(29)14-32)19-9-22(27)23(28)10-21(19)26/h9-12,15-17,20,24H,4-8,13-14,29H2,1-3H3/t15-,16+,20-,24+/m1/s1. The summed E-state index contributed by atoms with van der Waals surface area (Å²) in [5, 5.41) is -0.385. The van der Waals surface area contributed by atoms with E-state index < -0.39 is 39.4 Å². The Kier molecular flexibility index (Phi) is 8.29. The Labute approximate surface area is 216 Å². The molecule has 0 radical (unpaired) electrons. The van der Waals surface area contributed by atoms with Gasteiger partial charge in [0.2, 0.25) is 16.0 Å². The van der Waals surface area contributed by atoms with E-state index in [0.29, 0.717) is 56.7 Å². The highest BCUT2D eigenvalue weighted by atomic mass is 32.2. The summed E-state index contributed by atoms with van der Waals surface area (Å²) < 4.78 is 74.2. The molecule has 8 nitrogen and oxygen atoms in total. The number of piperidine rings is 1. The van der Waals surface area contributed by atoms with Gasteiger partial charge in [0.1, 0.15) is 5.82 Å². The van der Waals surface area contributed by atoms with Crippen molar-refractivity contribution in [1.29, 1.82) is 0 Å². The number of halogens is 3. The Morgan fingerprint density at radius 1 is 1.05 bits per heavy atom. The molecule has 204 valence electrons. The van der Waals surface area contributed by atoms with E-state index in [-0.39, 0.29) is 29.4 Å². The van der Waals surface area contributed by atoms with E-state index in [2.05, 4.69) is 9.97 Å². The van der Waals surface area contributed by atoms with Crippen LogP contribution in [0.25, 0.3) is 0 Å². The molecule has 0 saturated carbocycles. The minimum Gasteiger partial charge on any atom is -0.487 e. The number of ether oxygens (including phenoxy) is 1.